The van der Waals surface area contributed by atoms with Crippen molar-refractivity contribution < 1.29 is 0 Å². The van der Waals surface area contributed by atoms with Crippen LogP contribution in [0, 0.1) is 0 Å². The molecule has 0 spiro atoms. The molecule has 1 fully saturated rings. The number of rotatable bonds is 3. The van der Waals surface area contributed by atoms with Crippen LogP contribution in [0.1, 0.15) is 25.7 Å². The number of nitrogens with zero attached hydrogens (tertiary/aromatic N) is 2. The Kier molecular flexibility index (Phi) is 4.10. The van der Waals surface area contributed by atoms with Crippen molar-refractivity contribution in [3.05, 3.63) is 22.7 Å². The molecule has 0 aliphatic heterocycles. The van der Waals surface area contributed by atoms with Crippen LogP contribution in [0.15, 0.2) is 17.2 Å². The second-order valence-electron chi connectivity index (χ2n) is 4.50. The first-order chi connectivity index (χ1) is 8.22. The smallest absolute Gasteiger partial charge is 0.293 e. The average Bonchev–Trinajstić information content (AvgIpc) is 2.35. The normalized spacial score (nSPS) is 24.6. The lowest BCUT2D eigenvalue weighted by atomic mass is 9.95. The molecule has 2 rings (SSSR count). The first kappa shape index (κ1) is 12.5. The summed E-state index contributed by atoms with van der Waals surface area (Å²) in [7, 11) is 1.75. The molecule has 4 nitrogen and oxygen atoms in total. The van der Waals surface area contributed by atoms with Crippen molar-refractivity contribution in [2.75, 3.05) is 11.6 Å². The van der Waals surface area contributed by atoms with Crippen molar-refractivity contribution in [3.8, 4) is 0 Å². The number of aryl methyl sites for hydroxylation is 1. The number of hydrogen-bond donors (Lipinski definition) is 1. The van der Waals surface area contributed by atoms with Gasteiger partial charge >= 0.3 is 0 Å². The zero-order chi connectivity index (χ0) is 12.3. The topological polar surface area (TPSA) is 46.9 Å². The summed E-state index contributed by atoms with van der Waals surface area (Å²) >= 11 is 1.88. The fraction of sp³-hybridized carbons (Fsp3) is 0.667. The van der Waals surface area contributed by atoms with Gasteiger partial charge in [0.2, 0.25) is 0 Å². The number of nitrogens with one attached hydrogen (secondary N) is 1. The van der Waals surface area contributed by atoms with Gasteiger partial charge in [-0.1, -0.05) is 12.8 Å². The molecule has 1 heterocycles. The summed E-state index contributed by atoms with van der Waals surface area (Å²) < 4.78 is 1.56. The Bertz CT molecular complexity index is 432. The number of aromatic nitrogens is 2. The molecule has 0 radical (unpaired) electrons. The predicted octanol–water partition coefficient (Wildman–Crippen LogP) is 1.87. The molecule has 1 aliphatic carbocycles. The molecule has 17 heavy (non-hydrogen) atoms. The van der Waals surface area contributed by atoms with Crippen molar-refractivity contribution in [1.82, 2.24) is 9.55 Å². The maximum absolute atomic E-state index is 11.9. The molecule has 1 aromatic rings. The minimum absolute atomic E-state index is 0.0436. The third kappa shape index (κ3) is 2.83. The minimum Gasteiger partial charge on any atom is -0.362 e. The van der Waals surface area contributed by atoms with E-state index >= 15 is 0 Å². The van der Waals surface area contributed by atoms with E-state index in [1.165, 1.54) is 19.3 Å². The Balaban J connectivity index is 2.14. The molecule has 1 aliphatic rings. The van der Waals surface area contributed by atoms with Gasteiger partial charge in [0.1, 0.15) is 0 Å². The molecular weight excluding hydrogens is 234 g/mol. The van der Waals surface area contributed by atoms with Gasteiger partial charge in [-0.2, -0.15) is 11.8 Å². The molecule has 5 heteroatoms. The van der Waals surface area contributed by atoms with Crippen LogP contribution < -0.4 is 10.9 Å². The van der Waals surface area contributed by atoms with Gasteiger partial charge in [-0.3, -0.25) is 4.79 Å². The maximum atomic E-state index is 11.9. The molecule has 2 unspecified atom stereocenters. The lowest BCUT2D eigenvalue weighted by Gasteiger charge is -2.31. The third-order valence-electron chi connectivity index (χ3n) is 3.34. The van der Waals surface area contributed by atoms with Gasteiger partial charge in [0, 0.05) is 30.7 Å². The van der Waals surface area contributed by atoms with E-state index in [0.717, 1.165) is 6.42 Å². The summed E-state index contributed by atoms with van der Waals surface area (Å²) in [6, 6.07) is 0.376. The monoisotopic (exact) mass is 253 g/mol. The highest BCUT2D eigenvalue weighted by atomic mass is 32.2. The summed E-state index contributed by atoms with van der Waals surface area (Å²) in [5, 5.41) is 3.92. The molecule has 1 aromatic heterocycles. The van der Waals surface area contributed by atoms with Gasteiger partial charge < -0.3 is 9.88 Å². The van der Waals surface area contributed by atoms with Crippen LogP contribution in [0.4, 0.5) is 5.82 Å². The lowest BCUT2D eigenvalue weighted by molar-refractivity contribution is 0.473. The number of hydrogen-bond acceptors (Lipinski definition) is 4. The number of thioether (sulfide) groups is 1. The van der Waals surface area contributed by atoms with E-state index in [2.05, 4.69) is 16.6 Å². The fourth-order valence-electron chi connectivity index (χ4n) is 2.32. The van der Waals surface area contributed by atoms with Crippen LogP contribution >= 0.6 is 11.8 Å². The van der Waals surface area contributed by atoms with Crippen LogP contribution in [0.5, 0.6) is 0 Å². The SMILES string of the molecule is CSC1CCCCC1Nc1nccn(C)c1=O. The standard InChI is InChI=1S/C12H19N3OS/c1-15-8-7-13-11(12(15)16)14-9-5-3-4-6-10(9)17-2/h7-10H,3-6H2,1-2H3,(H,13,14). The Morgan fingerprint density at radius 3 is 3.00 bits per heavy atom. The quantitative estimate of drug-likeness (QED) is 0.893. The molecule has 1 saturated carbocycles. The first-order valence-electron chi connectivity index (χ1n) is 6.03. The number of anilines is 1. The summed E-state index contributed by atoms with van der Waals surface area (Å²) in [6.07, 6.45) is 10.4. The van der Waals surface area contributed by atoms with E-state index in [1.54, 1.807) is 24.0 Å². The van der Waals surface area contributed by atoms with E-state index in [9.17, 15) is 4.79 Å². The van der Waals surface area contributed by atoms with Gasteiger partial charge in [0.15, 0.2) is 5.82 Å². The molecule has 0 amide bonds. The fourth-order valence-corrected chi connectivity index (χ4v) is 3.25. The Labute approximate surface area is 106 Å². The zero-order valence-corrected chi connectivity index (χ0v) is 11.2. The highest BCUT2D eigenvalue weighted by molar-refractivity contribution is 7.99. The molecule has 0 bridgehead atoms. The Morgan fingerprint density at radius 2 is 2.24 bits per heavy atom. The average molecular weight is 253 g/mol. The van der Waals surface area contributed by atoms with Crippen molar-refractivity contribution in [1.29, 1.82) is 0 Å². The Hall–Kier alpha value is -0.970. The van der Waals surface area contributed by atoms with Gasteiger partial charge in [-0.15, -0.1) is 0 Å². The molecular formula is C12H19N3OS. The predicted molar refractivity (Wildman–Crippen MR) is 72.7 cm³/mol. The van der Waals surface area contributed by atoms with Crippen molar-refractivity contribution in [2.45, 2.75) is 37.0 Å². The lowest BCUT2D eigenvalue weighted by Crippen LogP contribution is -2.37. The van der Waals surface area contributed by atoms with Crippen molar-refractivity contribution in [3.63, 3.8) is 0 Å². The van der Waals surface area contributed by atoms with Crippen LogP contribution in [0.2, 0.25) is 0 Å². The summed E-state index contributed by atoms with van der Waals surface area (Å²) in [6.45, 7) is 0. The molecule has 0 saturated heterocycles. The van der Waals surface area contributed by atoms with E-state index < -0.39 is 0 Å². The highest BCUT2D eigenvalue weighted by Crippen LogP contribution is 2.28. The highest BCUT2D eigenvalue weighted by Gasteiger charge is 2.25. The summed E-state index contributed by atoms with van der Waals surface area (Å²) in [5.41, 5.74) is -0.0436. The van der Waals surface area contributed by atoms with Crippen molar-refractivity contribution >= 4 is 17.6 Å². The summed E-state index contributed by atoms with van der Waals surface area (Å²) in [5.74, 6) is 0.487. The Morgan fingerprint density at radius 1 is 1.47 bits per heavy atom. The molecule has 1 N–H and O–H groups in total. The van der Waals surface area contributed by atoms with E-state index in [-0.39, 0.29) is 5.56 Å². The second kappa shape index (κ2) is 5.58. The zero-order valence-electron chi connectivity index (χ0n) is 10.3. The molecule has 94 valence electrons. The van der Waals surface area contributed by atoms with Gasteiger partial charge in [-0.25, -0.2) is 4.98 Å². The third-order valence-corrected chi connectivity index (χ3v) is 4.51. The molecule has 0 aromatic carbocycles. The van der Waals surface area contributed by atoms with E-state index in [0.29, 0.717) is 17.1 Å². The summed E-state index contributed by atoms with van der Waals surface area (Å²) in [4.78, 5) is 16.0. The van der Waals surface area contributed by atoms with Gasteiger partial charge in [0.25, 0.3) is 5.56 Å². The largest absolute Gasteiger partial charge is 0.362 e. The van der Waals surface area contributed by atoms with Crippen LogP contribution in [-0.4, -0.2) is 27.1 Å². The maximum Gasteiger partial charge on any atom is 0.293 e. The van der Waals surface area contributed by atoms with E-state index in [4.69, 9.17) is 0 Å². The first-order valence-corrected chi connectivity index (χ1v) is 7.32. The van der Waals surface area contributed by atoms with Crippen LogP contribution in [0.25, 0.3) is 0 Å². The van der Waals surface area contributed by atoms with Crippen molar-refractivity contribution in [2.24, 2.45) is 7.05 Å². The van der Waals surface area contributed by atoms with E-state index in [1.807, 2.05) is 11.8 Å². The minimum atomic E-state index is -0.0436. The van der Waals surface area contributed by atoms with Crippen LogP contribution in [0.3, 0.4) is 0 Å². The molecule has 2 atom stereocenters. The second-order valence-corrected chi connectivity index (χ2v) is 5.58. The van der Waals surface area contributed by atoms with Crippen LogP contribution in [-0.2, 0) is 7.05 Å². The van der Waals surface area contributed by atoms with Gasteiger partial charge in [-0.05, 0) is 19.1 Å². The van der Waals surface area contributed by atoms with Gasteiger partial charge in [0.05, 0.1) is 0 Å².